The van der Waals surface area contributed by atoms with Crippen molar-refractivity contribution in [1.82, 2.24) is 24.4 Å². The molecule has 0 radical (unpaired) electrons. The molecule has 12 heteroatoms. The zero-order chi connectivity index (χ0) is 25.5. The minimum absolute atomic E-state index is 0.0293. The van der Waals surface area contributed by atoms with Gasteiger partial charge in [-0.15, -0.1) is 0 Å². The lowest BCUT2D eigenvalue weighted by Crippen LogP contribution is -2.43. The number of aromatic amines is 1. The number of benzene rings is 1. The smallest absolute Gasteiger partial charge is 0.407 e. The van der Waals surface area contributed by atoms with E-state index < -0.39 is 46.7 Å². The van der Waals surface area contributed by atoms with Crippen LogP contribution in [0.1, 0.15) is 32.4 Å². The Balaban J connectivity index is 1.84. The van der Waals surface area contributed by atoms with E-state index >= 15 is 0 Å². The molecule has 1 aliphatic rings. The first kappa shape index (κ1) is 24.8. The molecule has 1 fully saturated rings. The van der Waals surface area contributed by atoms with E-state index in [0.717, 1.165) is 4.57 Å². The lowest BCUT2D eigenvalue weighted by molar-refractivity contribution is -0.0791. The molecular weight excluding hydrogens is 481 g/mol. The molecule has 1 amide bonds. The van der Waals surface area contributed by atoms with Crippen LogP contribution in [0.4, 0.5) is 9.18 Å². The van der Waals surface area contributed by atoms with Gasteiger partial charge in [-0.05, 0) is 23.1 Å². The molecule has 2 aromatic heterocycles. The first-order valence-electron chi connectivity index (χ1n) is 11.0. The maximum absolute atomic E-state index is 14.4. The number of aromatic nitrogens is 4. The van der Waals surface area contributed by atoms with E-state index in [2.05, 4.69) is 15.0 Å². The van der Waals surface area contributed by atoms with Crippen molar-refractivity contribution in [3.8, 4) is 0 Å². The lowest BCUT2D eigenvalue weighted by atomic mass is 9.88. The van der Waals surface area contributed by atoms with Crippen molar-refractivity contribution in [2.45, 2.75) is 39.5 Å². The molecule has 3 heterocycles. The van der Waals surface area contributed by atoms with E-state index in [0.29, 0.717) is 5.56 Å². The Hall–Kier alpha value is -3.31. The van der Waals surface area contributed by atoms with E-state index in [9.17, 15) is 23.9 Å². The monoisotopic (exact) mass is 505 g/mol. The number of hydrogen-bond donors (Lipinski definition) is 2. The second kappa shape index (κ2) is 9.38. The number of carbonyl (C=O) groups is 1. The maximum Gasteiger partial charge on any atom is 0.407 e. The van der Waals surface area contributed by atoms with Gasteiger partial charge in [-0.25, -0.2) is 23.9 Å². The van der Waals surface area contributed by atoms with E-state index in [1.165, 1.54) is 29.4 Å². The molecule has 1 aromatic carbocycles. The highest BCUT2D eigenvalue weighted by atomic mass is 35.5. The standard InChI is InChI=1S/C23H25ClFN5O5/c1-23(2,3)16-11-29(22(33)34)9-13(18(35-16)12-4-5-14(24)15(25)8-12)10-30-20(31)17-19(28-21(30)32)27-7-6-26-17/h4-8,13,16,18H,9-11H2,1-3H3,(H,33,34)(H,27,28,32)/t13-,16?,18+/m1/s1. The Morgan fingerprint density at radius 2 is 1.97 bits per heavy atom. The van der Waals surface area contributed by atoms with Crippen LogP contribution in [0.3, 0.4) is 0 Å². The highest BCUT2D eigenvalue weighted by molar-refractivity contribution is 6.30. The molecule has 35 heavy (non-hydrogen) atoms. The van der Waals surface area contributed by atoms with Crippen LogP contribution in [-0.4, -0.2) is 54.8 Å². The average Bonchev–Trinajstić information content (AvgIpc) is 2.99. The predicted octanol–water partition coefficient (Wildman–Crippen LogP) is 3.05. The number of ether oxygens (including phenoxy) is 1. The summed E-state index contributed by atoms with van der Waals surface area (Å²) in [5, 5.41) is 9.79. The fraction of sp³-hybridized carbons (Fsp3) is 0.435. The van der Waals surface area contributed by atoms with Crippen LogP contribution in [0.2, 0.25) is 5.02 Å². The van der Waals surface area contributed by atoms with Gasteiger partial charge in [0, 0.05) is 31.4 Å². The normalized spacial score (nSPS) is 21.2. The number of halogens is 2. The molecule has 4 rings (SSSR count). The Kier molecular flexibility index (Phi) is 6.65. The first-order valence-corrected chi connectivity index (χ1v) is 11.4. The minimum atomic E-state index is -1.17. The van der Waals surface area contributed by atoms with Gasteiger partial charge in [-0.1, -0.05) is 38.4 Å². The zero-order valence-corrected chi connectivity index (χ0v) is 20.1. The summed E-state index contributed by atoms with van der Waals surface area (Å²) >= 11 is 5.88. The number of hydrogen-bond acceptors (Lipinski definition) is 6. The fourth-order valence-corrected chi connectivity index (χ4v) is 4.31. The van der Waals surface area contributed by atoms with Gasteiger partial charge in [0.2, 0.25) is 0 Å². The van der Waals surface area contributed by atoms with Crippen LogP contribution < -0.4 is 11.2 Å². The van der Waals surface area contributed by atoms with E-state index in [4.69, 9.17) is 16.3 Å². The average molecular weight is 506 g/mol. The summed E-state index contributed by atoms with van der Waals surface area (Å²) in [5.74, 6) is -1.37. The van der Waals surface area contributed by atoms with Gasteiger partial charge < -0.3 is 14.7 Å². The fourth-order valence-electron chi connectivity index (χ4n) is 4.19. The van der Waals surface area contributed by atoms with Crippen molar-refractivity contribution in [1.29, 1.82) is 0 Å². The van der Waals surface area contributed by atoms with Crippen molar-refractivity contribution in [2.75, 3.05) is 13.1 Å². The van der Waals surface area contributed by atoms with E-state index in [-0.39, 0.29) is 35.8 Å². The number of rotatable bonds is 3. The second-order valence-electron chi connectivity index (χ2n) is 9.63. The Labute approximate surface area is 204 Å². The molecule has 10 nitrogen and oxygen atoms in total. The number of nitrogens with one attached hydrogen (secondary N) is 1. The molecular formula is C23H25ClFN5O5. The topological polar surface area (TPSA) is 130 Å². The lowest BCUT2D eigenvalue weighted by Gasteiger charge is -2.34. The van der Waals surface area contributed by atoms with Crippen molar-refractivity contribution in [3.63, 3.8) is 0 Å². The quantitative estimate of drug-likeness (QED) is 0.559. The molecule has 1 unspecified atom stereocenters. The van der Waals surface area contributed by atoms with Gasteiger partial charge >= 0.3 is 11.8 Å². The molecule has 186 valence electrons. The van der Waals surface area contributed by atoms with Crippen molar-refractivity contribution in [3.05, 3.63) is 67.8 Å². The highest BCUT2D eigenvalue weighted by Gasteiger charge is 2.40. The Morgan fingerprint density at radius 1 is 1.26 bits per heavy atom. The summed E-state index contributed by atoms with van der Waals surface area (Å²) in [4.78, 5) is 49.6. The molecule has 0 spiro atoms. The largest absolute Gasteiger partial charge is 0.465 e. The van der Waals surface area contributed by atoms with Gasteiger partial charge in [-0.2, -0.15) is 0 Å². The first-order chi connectivity index (χ1) is 16.5. The Morgan fingerprint density at radius 3 is 2.63 bits per heavy atom. The molecule has 0 aliphatic carbocycles. The SMILES string of the molecule is CC(C)(C)C1CN(C(=O)O)C[C@H](Cn2c(=O)[nH]c3nccnc3c2=O)[C@H](c2ccc(Cl)c(F)c2)O1. The summed E-state index contributed by atoms with van der Waals surface area (Å²) in [6, 6.07) is 4.22. The number of nitrogens with zero attached hydrogens (tertiary/aromatic N) is 4. The zero-order valence-electron chi connectivity index (χ0n) is 19.4. The summed E-state index contributed by atoms with van der Waals surface area (Å²) in [7, 11) is 0. The third-order valence-corrected chi connectivity index (χ3v) is 6.43. The number of carboxylic acid groups (broad SMARTS) is 1. The van der Waals surface area contributed by atoms with E-state index in [1.807, 2.05) is 20.8 Å². The molecule has 1 saturated heterocycles. The summed E-state index contributed by atoms with van der Waals surface area (Å²) in [5.41, 5.74) is -1.41. The van der Waals surface area contributed by atoms with Crippen molar-refractivity contribution < 1.29 is 19.0 Å². The van der Waals surface area contributed by atoms with Crippen LogP contribution in [-0.2, 0) is 11.3 Å². The number of amides is 1. The summed E-state index contributed by atoms with van der Waals surface area (Å²) < 4.78 is 21.8. The summed E-state index contributed by atoms with van der Waals surface area (Å²) in [6.07, 6.45) is 0.134. The summed E-state index contributed by atoms with van der Waals surface area (Å²) in [6.45, 7) is 5.55. The maximum atomic E-state index is 14.4. The van der Waals surface area contributed by atoms with Gasteiger partial charge in [0.1, 0.15) is 5.82 Å². The third-order valence-electron chi connectivity index (χ3n) is 6.12. The Bertz CT molecular complexity index is 1390. The van der Waals surface area contributed by atoms with Crippen LogP contribution in [0.15, 0.2) is 40.2 Å². The van der Waals surface area contributed by atoms with Gasteiger partial charge in [0.25, 0.3) is 5.56 Å². The van der Waals surface area contributed by atoms with Gasteiger partial charge in [0.15, 0.2) is 11.2 Å². The molecule has 0 bridgehead atoms. The molecule has 3 aromatic rings. The third kappa shape index (κ3) is 5.06. The van der Waals surface area contributed by atoms with Crippen LogP contribution in [0, 0.1) is 17.2 Å². The molecule has 1 aliphatic heterocycles. The van der Waals surface area contributed by atoms with Crippen molar-refractivity contribution in [2.24, 2.45) is 11.3 Å². The molecule has 2 N–H and O–H groups in total. The van der Waals surface area contributed by atoms with E-state index in [1.54, 1.807) is 6.07 Å². The van der Waals surface area contributed by atoms with Gasteiger partial charge in [-0.3, -0.25) is 14.3 Å². The minimum Gasteiger partial charge on any atom is -0.465 e. The van der Waals surface area contributed by atoms with Crippen LogP contribution in [0.25, 0.3) is 11.2 Å². The van der Waals surface area contributed by atoms with Gasteiger partial charge in [0.05, 0.1) is 23.8 Å². The van der Waals surface area contributed by atoms with Crippen LogP contribution in [0.5, 0.6) is 0 Å². The number of H-pyrrole nitrogens is 1. The second-order valence-corrected chi connectivity index (χ2v) is 10.0. The van der Waals surface area contributed by atoms with Crippen LogP contribution >= 0.6 is 11.6 Å². The number of fused-ring (bicyclic) bond motifs is 1. The molecule has 3 atom stereocenters. The predicted molar refractivity (Wildman–Crippen MR) is 126 cm³/mol. The highest BCUT2D eigenvalue weighted by Crippen LogP contribution is 2.38. The van der Waals surface area contributed by atoms with Crippen molar-refractivity contribution >= 4 is 28.9 Å². The molecule has 0 saturated carbocycles.